The highest BCUT2D eigenvalue weighted by Gasteiger charge is 2.13. The van der Waals surface area contributed by atoms with Crippen molar-refractivity contribution < 1.29 is 4.79 Å². The Balaban J connectivity index is 2.42. The van der Waals surface area contributed by atoms with Gasteiger partial charge in [0.25, 0.3) is 0 Å². The molecule has 1 rings (SSSR count). The van der Waals surface area contributed by atoms with E-state index in [0.717, 1.165) is 24.5 Å². The summed E-state index contributed by atoms with van der Waals surface area (Å²) in [6, 6.07) is 0. The van der Waals surface area contributed by atoms with Gasteiger partial charge in [-0.1, -0.05) is 26.8 Å². The number of allylic oxidation sites excluding steroid dienone is 2. The smallest absolute Gasteiger partial charge is 0.226 e. The number of rotatable bonds is 2. The molecule has 1 N–H and O–H groups in total. The van der Waals surface area contributed by atoms with Crippen LogP contribution in [0.1, 0.15) is 40.0 Å². The zero-order valence-corrected chi connectivity index (χ0v) is 8.76. The van der Waals surface area contributed by atoms with Gasteiger partial charge in [-0.3, -0.25) is 4.79 Å². The SMILES string of the molecule is CC1CC=C(NC(=O)C(C)C)CC1. The van der Waals surface area contributed by atoms with Crippen LogP contribution in [0.3, 0.4) is 0 Å². The zero-order valence-electron chi connectivity index (χ0n) is 8.76. The van der Waals surface area contributed by atoms with E-state index in [1.165, 1.54) is 6.42 Å². The number of amides is 1. The fourth-order valence-electron chi connectivity index (χ4n) is 1.38. The molecule has 1 amide bonds. The maximum Gasteiger partial charge on any atom is 0.226 e. The van der Waals surface area contributed by atoms with Gasteiger partial charge < -0.3 is 5.32 Å². The summed E-state index contributed by atoms with van der Waals surface area (Å²) >= 11 is 0. The van der Waals surface area contributed by atoms with Crippen LogP contribution >= 0.6 is 0 Å². The van der Waals surface area contributed by atoms with Gasteiger partial charge >= 0.3 is 0 Å². The van der Waals surface area contributed by atoms with E-state index in [-0.39, 0.29) is 11.8 Å². The first-order valence-electron chi connectivity index (χ1n) is 5.09. The summed E-state index contributed by atoms with van der Waals surface area (Å²) in [6.07, 6.45) is 5.49. The van der Waals surface area contributed by atoms with E-state index in [1.54, 1.807) is 0 Å². The monoisotopic (exact) mass is 181 g/mol. The summed E-state index contributed by atoms with van der Waals surface area (Å²) in [5.74, 6) is 1.00. The third kappa shape index (κ3) is 3.21. The van der Waals surface area contributed by atoms with Crippen molar-refractivity contribution in [3.05, 3.63) is 11.8 Å². The highest BCUT2D eigenvalue weighted by molar-refractivity contribution is 5.79. The molecule has 0 saturated heterocycles. The minimum absolute atomic E-state index is 0.0836. The van der Waals surface area contributed by atoms with Gasteiger partial charge in [0, 0.05) is 11.6 Å². The summed E-state index contributed by atoms with van der Waals surface area (Å²) in [6.45, 7) is 6.08. The molecule has 1 unspecified atom stereocenters. The van der Waals surface area contributed by atoms with E-state index in [4.69, 9.17) is 0 Å². The van der Waals surface area contributed by atoms with Gasteiger partial charge in [0.05, 0.1) is 0 Å². The minimum atomic E-state index is 0.0836. The zero-order chi connectivity index (χ0) is 9.84. The Hall–Kier alpha value is -0.790. The highest BCUT2D eigenvalue weighted by atomic mass is 16.1. The van der Waals surface area contributed by atoms with Gasteiger partial charge in [-0.25, -0.2) is 0 Å². The summed E-state index contributed by atoms with van der Waals surface area (Å²) in [5, 5.41) is 2.96. The normalized spacial score (nSPS) is 22.8. The van der Waals surface area contributed by atoms with Crippen LogP contribution in [-0.4, -0.2) is 5.91 Å². The van der Waals surface area contributed by atoms with Gasteiger partial charge in [-0.05, 0) is 25.2 Å². The summed E-state index contributed by atoms with van der Waals surface area (Å²) in [4.78, 5) is 11.3. The Morgan fingerprint density at radius 2 is 2.31 bits per heavy atom. The van der Waals surface area contributed by atoms with Crippen molar-refractivity contribution in [2.45, 2.75) is 40.0 Å². The average Bonchev–Trinajstić information content (AvgIpc) is 2.08. The molecule has 0 saturated carbocycles. The lowest BCUT2D eigenvalue weighted by Gasteiger charge is -2.19. The lowest BCUT2D eigenvalue weighted by molar-refractivity contribution is -0.123. The molecule has 2 heteroatoms. The Morgan fingerprint density at radius 1 is 1.62 bits per heavy atom. The molecule has 0 bridgehead atoms. The van der Waals surface area contributed by atoms with Crippen LogP contribution in [-0.2, 0) is 4.79 Å². The summed E-state index contributed by atoms with van der Waals surface area (Å²) in [7, 11) is 0. The van der Waals surface area contributed by atoms with E-state index in [2.05, 4.69) is 18.3 Å². The van der Waals surface area contributed by atoms with E-state index in [0.29, 0.717) is 0 Å². The second-order valence-electron chi connectivity index (χ2n) is 4.25. The van der Waals surface area contributed by atoms with Crippen LogP contribution in [0.25, 0.3) is 0 Å². The molecule has 0 heterocycles. The molecular formula is C11H19NO. The van der Waals surface area contributed by atoms with Crippen molar-refractivity contribution in [2.24, 2.45) is 11.8 Å². The third-order valence-corrected chi connectivity index (χ3v) is 2.48. The molecule has 1 aliphatic rings. The largest absolute Gasteiger partial charge is 0.330 e. The maximum absolute atomic E-state index is 11.3. The Labute approximate surface area is 80.4 Å². The topological polar surface area (TPSA) is 29.1 Å². The van der Waals surface area contributed by atoms with Gasteiger partial charge in [0.15, 0.2) is 0 Å². The van der Waals surface area contributed by atoms with Crippen molar-refractivity contribution in [1.82, 2.24) is 5.32 Å². The quantitative estimate of drug-likeness (QED) is 0.696. The standard InChI is InChI=1S/C11H19NO/c1-8(2)11(13)12-10-6-4-9(3)5-7-10/h6,8-9H,4-5,7H2,1-3H3,(H,12,13). The molecule has 1 atom stereocenters. The second kappa shape index (κ2) is 4.45. The van der Waals surface area contributed by atoms with E-state index in [9.17, 15) is 4.79 Å². The highest BCUT2D eigenvalue weighted by Crippen LogP contribution is 2.21. The number of carbonyl (C=O) groups excluding carboxylic acids is 1. The number of carbonyl (C=O) groups is 1. The van der Waals surface area contributed by atoms with Crippen molar-refractivity contribution in [2.75, 3.05) is 0 Å². The minimum Gasteiger partial charge on any atom is -0.330 e. The van der Waals surface area contributed by atoms with Gasteiger partial charge in [-0.15, -0.1) is 0 Å². The number of hydrogen-bond donors (Lipinski definition) is 1. The third-order valence-electron chi connectivity index (χ3n) is 2.48. The van der Waals surface area contributed by atoms with Gasteiger partial charge in [-0.2, -0.15) is 0 Å². The van der Waals surface area contributed by atoms with Gasteiger partial charge in [0.2, 0.25) is 5.91 Å². The lowest BCUT2D eigenvalue weighted by atomic mass is 9.94. The first-order chi connectivity index (χ1) is 6.09. The average molecular weight is 181 g/mol. The molecule has 0 aliphatic heterocycles. The summed E-state index contributed by atoms with van der Waals surface area (Å²) < 4.78 is 0. The van der Waals surface area contributed by atoms with Crippen LogP contribution in [0.4, 0.5) is 0 Å². The Kier molecular flexibility index (Phi) is 3.52. The molecular weight excluding hydrogens is 162 g/mol. The predicted molar refractivity (Wildman–Crippen MR) is 54.1 cm³/mol. The van der Waals surface area contributed by atoms with Crippen LogP contribution in [0.2, 0.25) is 0 Å². The van der Waals surface area contributed by atoms with Crippen LogP contribution in [0.5, 0.6) is 0 Å². The fraction of sp³-hybridized carbons (Fsp3) is 0.727. The number of nitrogens with one attached hydrogen (secondary N) is 1. The van der Waals surface area contributed by atoms with Crippen LogP contribution in [0.15, 0.2) is 11.8 Å². The van der Waals surface area contributed by atoms with Crippen molar-refractivity contribution in [3.8, 4) is 0 Å². The summed E-state index contributed by atoms with van der Waals surface area (Å²) in [5.41, 5.74) is 1.12. The molecule has 0 radical (unpaired) electrons. The molecule has 0 fully saturated rings. The Morgan fingerprint density at radius 3 is 2.77 bits per heavy atom. The van der Waals surface area contributed by atoms with Crippen molar-refractivity contribution >= 4 is 5.91 Å². The van der Waals surface area contributed by atoms with Crippen LogP contribution < -0.4 is 5.32 Å². The van der Waals surface area contributed by atoms with Crippen molar-refractivity contribution in [1.29, 1.82) is 0 Å². The van der Waals surface area contributed by atoms with E-state index >= 15 is 0 Å². The fourth-order valence-corrected chi connectivity index (χ4v) is 1.38. The van der Waals surface area contributed by atoms with E-state index in [1.807, 2.05) is 13.8 Å². The van der Waals surface area contributed by atoms with Crippen molar-refractivity contribution in [3.63, 3.8) is 0 Å². The molecule has 0 aromatic rings. The van der Waals surface area contributed by atoms with Gasteiger partial charge in [0.1, 0.15) is 0 Å². The second-order valence-corrected chi connectivity index (χ2v) is 4.25. The Bertz CT molecular complexity index is 218. The molecule has 0 aromatic heterocycles. The van der Waals surface area contributed by atoms with Crippen LogP contribution in [0, 0.1) is 11.8 Å². The predicted octanol–water partition coefficient (Wildman–Crippen LogP) is 2.46. The maximum atomic E-state index is 11.3. The molecule has 2 nitrogen and oxygen atoms in total. The molecule has 1 aliphatic carbocycles. The first-order valence-corrected chi connectivity index (χ1v) is 5.09. The lowest BCUT2D eigenvalue weighted by Crippen LogP contribution is -2.28. The number of hydrogen-bond acceptors (Lipinski definition) is 1. The molecule has 74 valence electrons. The first kappa shape index (κ1) is 10.3. The molecule has 0 spiro atoms. The molecule has 13 heavy (non-hydrogen) atoms. The molecule has 0 aromatic carbocycles. The van der Waals surface area contributed by atoms with E-state index < -0.39 is 0 Å².